The molecule has 1 fully saturated rings. The van der Waals surface area contributed by atoms with E-state index in [1.165, 1.54) is 35.6 Å². The van der Waals surface area contributed by atoms with Gasteiger partial charge in [0.1, 0.15) is 0 Å². The van der Waals surface area contributed by atoms with Crippen LogP contribution in [0.15, 0.2) is 51.2 Å². The summed E-state index contributed by atoms with van der Waals surface area (Å²) in [7, 11) is -3.64. The number of thiophene rings is 1. The number of ether oxygens (including phenoxy) is 1. The molecule has 2 aromatic heterocycles. The second kappa shape index (κ2) is 7.22. The molecule has 4 rings (SSSR count). The maximum absolute atomic E-state index is 12.3. The van der Waals surface area contributed by atoms with E-state index in [0.29, 0.717) is 5.82 Å². The molecule has 0 radical (unpaired) electrons. The number of hydrogen-bond acceptors (Lipinski definition) is 8. The first-order valence-corrected chi connectivity index (χ1v) is 10.5. The molecule has 0 bridgehead atoms. The Morgan fingerprint density at radius 2 is 2.15 bits per heavy atom. The van der Waals surface area contributed by atoms with Crippen molar-refractivity contribution in [1.82, 2.24) is 14.9 Å². The van der Waals surface area contributed by atoms with Crippen LogP contribution in [-0.4, -0.2) is 30.6 Å². The van der Waals surface area contributed by atoms with Crippen LogP contribution in [0.1, 0.15) is 29.1 Å². The van der Waals surface area contributed by atoms with Crippen LogP contribution in [0, 0.1) is 0 Å². The van der Waals surface area contributed by atoms with Crippen molar-refractivity contribution in [3.8, 4) is 10.7 Å². The molecule has 140 valence electrons. The molecule has 0 amide bonds. The fourth-order valence-electron chi connectivity index (χ4n) is 2.31. The van der Waals surface area contributed by atoms with Crippen molar-refractivity contribution in [3.63, 3.8) is 0 Å². The van der Waals surface area contributed by atoms with E-state index >= 15 is 0 Å². The Bertz CT molecular complexity index is 1060. The number of aromatic nitrogens is 2. The maximum Gasteiger partial charge on any atom is 0.338 e. The van der Waals surface area contributed by atoms with Gasteiger partial charge in [0.15, 0.2) is 6.61 Å². The quantitative estimate of drug-likeness (QED) is 0.601. The van der Waals surface area contributed by atoms with Gasteiger partial charge in [-0.25, -0.2) is 17.9 Å². The first-order chi connectivity index (χ1) is 13.0. The Labute approximate surface area is 159 Å². The standard InChI is InChI=1S/C17H15N3O5S2/c21-17(24-10-15-18-16(19-25-15)14-5-2-8-26-14)11-3-1-4-13(9-11)27(22,23)20-12-6-7-12/h1-5,8-9,12,20H,6-7,10H2. The van der Waals surface area contributed by atoms with Crippen LogP contribution in [0.5, 0.6) is 0 Å². The Balaban J connectivity index is 1.42. The lowest BCUT2D eigenvalue weighted by molar-refractivity contribution is 0.0429. The van der Waals surface area contributed by atoms with E-state index in [0.717, 1.165) is 17.7 Å². The van der Waals surface area contributed by atoms with E-state index in [1.54, 1.807) is 0 Å². The first-order valence-electron chi connectivity index (χ1n) is 8.17. The molecule has 1 N–H and O–H groups in total. The molecule has 1 aliphatic carbocycles. The monoisotopic (exact) mass is 405 g/mol. The lowest BCUT2D eigenvalue weighted by atomic mass is 10.2. The minimum Gasteiger partial charge on any atom is -0.452 e. The number of rotatable bonds is 7. The Morgan fingerprint density at radius 3 is 2.89 bits per heavy atom. The molecule has 2 heterocycles. The van der Waals surface area contributed by atoms with Gasteiger partial charge in [-0.1, -0.05) is 17.3 Å². The van der Waals surface area contributed by atoms with Crippen molar-refractivity contribution in [2.75, 3.05) is 0 Å². The van der Waals surface area contributed by atoms with Crippen molar-refractivity contribution in [1.29, 1.82) is 0 Å². The van der Waals surface area contributed by atoms with Crippen LogP contribution in [0.25, 0.3) is 10.7 Å². The summed E-state index contributed by atoms with van der Waals surface area (Å²) in [6.07, 6.45) is 1.66. The van der Waals surface area contributed by atoms with Crippen molar-refractivity contribution in [2.45, 2.75) is 30.4 Å². The van der Waals surface area contributed by atoms with Crippen molar-refractivity contribution >= 4 is 27.3 Å². The van der Waals surface area contributed by atoms with Gasteiger partial charge in [-0.05, 0) is 42.5 Å². The summed E-state index contributed by atoms with van der Waals surface area (Å²) < 4.78 is 37.3. The van der Waals surface area contributed by atoms with Crippen LogP contribution in [0.2, 0.25) is 0 Å². The van der Waals surface area contributed by atoms with Crippen molar-refractivity contribution in [3.05, 3.63) is 53.2 Å². The van der Waals surface area contributed by atoms with Gasteiger partial charge in [-0.2, -0.15) is 4.98 Å². The molecule has 8 nitrogen and oxygen atoms in total. The highest BCUT2D eigenvalue weighted by molar-refractivity contribution is 7.89. The van der Waals surface area contributed by atoms with E-state index in [-0.39, 0.29) is 29.0 Å². The summed E-state index contributed by atoms with van der Waals surface area (Å²) in [5.74, 6) is -0.0874. The number of nitrogens with one attached hydrogen (secondary N) is 1. The van der Waals surface area contributed by atoms with Crippen LogP contribution in [0.3, 0.4) is 0 Å². The maximum atomic E-state index is 12.3. The molecule has 1 saturated carbocycles. The fraction of sp³-hybridized carbons (Fsp3) is 0.235. The summed E-state index contributed by atoms with van der Waals surface area (Å²) in [6.45, 7) is -0.200. The molecular formula is C17H15N3O5S2. The number of carbonyl (C=O) groups is 1. The predicted molar refractivity (Wildman–Crippen MR) is 96.5 cm³/mol. The van der Waals surface area contributed by atoms with Crippen LogP contribution < -0.4 is 4.72 Å². The van der Waals surface area contributed by atoms with Crippen LogP contribution in [0.4, 0.5) is 0 Å². The summed E-state index contributed by atoms with van der Waals surface area (Å²) in [5.41, 5.74) is 0.131. The van der Waals surface area contributed by atoms with E-state index in [1.807, 2.05) is 17.5 Å². The predicted octanol–water partition coefficient (Wildman–Crippen LogP) is 2.60. The molecule has 1 aromatic carbocycles. The number of esters is 1. The molecule has 0 atom stereocenters. The Hall–Kier alpha value is -2.56. The highest BCUT2D eigenvalue weighted by atomic mass is 32.2. The van der Waals surface area contributed by atoms with Gasteiger partial charge in [-0.3, -0.25) is 0 Å². The molecule has 10 heteroatoms. The largest absolute Gasteiger partial charge is 0.452 e. The average molecular weight is 405 g/mol. The van der Waals surface area contributed by atoms with E-state index in [2.05, 4.69) is 14.9 Å². The first kappa shape index (κ1) is 17.8. The lowest BCUT2D eigenvalue weighted by Crippen LogP contribution is -2.25. The summed E-state index contributed by atoms with van der Waals surface area (Å²) in [4.78, 5) is 17.3. The van der Waals surface area contributed by atoms with Crippen LogP contribution >= 0.6 is 11.3 Å². The fourth-order valence-corrected chi connectivity index (χ4v) is 4.31. The number of benzene rings is 1. The zero-order valence-corrected chi connectivity index (χ0v) is 15.6. The average Bonchev–Trinajstić information content (AvgIpc) is 3.14. The van der Waals surface area contributed by atoms with Crippen molar-refractivity contribution in [2.24, 2.45) is 0 Å². The Morgan fingerprint density at radius 1 is 1.30 bits per heavy atom. The van der Waals surface area contributed by atoms with Gasteiger partial charge in [0, 0.05) is 6.04 Å². The molecule has 0 spiro atoms. The topological polar surface area (TPSA) is 111 Å². The van der Waals surface area contributed by atoms with Crippen LogP contribution in [-0.2, 0) is 21.4 Å². The smallest absolute Gasteiger partial charge is 0.338 e. The number of nitrogens with zero attached hydrogens (tertiary/aromatic N) is 2. The van der Waals surface area contributed by atoms with Gasteiger partial charge in [0.2, 0.25) is 15.8 Å². The minimum absolute atomic E-state index is 0.0133. The lowest BCUT2D eigenvalue weighted by Gasteiger charge is -2.07. The number of hydrogen-bond donors (Lipinski definition) is 1. The van der Waals surface area contributed by atoms with Gasteiger partial charge < -0.3 is 9.26 Å². The zero-order valence-electron chi connectivity index (χ0n) is 14.0. The molecule has 0 saturated heterocycles. The normalized spacial score (nSPS) is 14.2. The molecule has 3 aromatic rings. The minimum atomic E-state index is -3.64. The van der Waals surface area contributed by atoms with Crippen molar-refractivity contribution < 1.29 is 22.5 Å². The molecule has 1 aliphatic rings. The molecule has 0 aliphatic heterocycles. The van der Waals surface area contributed by atoms with Gasteiger partial charge >= 0.3 is 5.97 Å². The summed E-state index contributed by atoms with van der Waals surface area (Å²) in [6, 6.07) is 9.43. The number of sulfonamides is 1. The van der Waals surface area contributed by atoms with Gasteiger partial charge in [-0.15, -0.1) is 11.3 Å². The molecule has 0 unspecified atom stereocenters. The molecule has 27 heavy (non-hydrogen) atoms. The third-order valence-electron chi connectivity index (χ3n) is 3.82. The SMILES string of the molecule is O=C(OCc1nc(-c2cccs2)no1)c1cccc(S(=O)(=O)NC2CC2)c1. The second-order valence-electron chi connectivity index (χ2n) is 5.99. The van der Waals surface area contributed by atoms with Gasteiger partial charge in [0.25, 0.3) is 5.89 Å². The highest BCUT2D eigenvalue weighted by Crippen LogP contribution is 2.23. The third-order valence-corrected chi connectivity index (χ3v) is 6.20. The Kier molecular flexibility index (Phi) is 4.77. The van der Waals surface area contributed by atoms with E-state index in [9.17, 15) is 13.2 Å². The molecular weight excluding hydrogens is 390 g/mol. The number of carbonyl (C=O) groups excluding carboxylic acids is 1. The summed E-state index contributed by atoms with van der Waals surface area (Å²) >= 11 is 1.47. The third kappa shape index (κ3) is 4.24. The summed E-state index contributed by atoms with van der Waals surface area (Å²) in [5, 5.41) is 5.73. The zero-order chi connectivity index (χ0) is 18.9. The highest BCUT2D eigenvalue weighted by Gasteiger charge is 2.28. The second-order valence-corrected chi connectivity index (χ2v) is 8.65. The van der Waals surface area contributed by atoms with E-state index in [4.69, 9.17) is 9.26 Å². The van der Waals surface area contributed by atoms with E-state index < -0.39 is 16.0 Å². The van der Waals surface area contributed by atoms with Gasteiger partial charge in [0.05, 0.1) is 15.3 Å².